The first kappa shape index (κ1) is 16.3. The second kappa shape index (κ2) is 7.76. The molecule has 1 aromatic carbocycles. The van der Waals surface area contributed by atoms with Crippen LogP contribution in [0.15, 0.2) is 24.3 Å². The summed E-state index contributed by atoms with van der Waals surface area (Å²) in [6, 6.07) is 4.96. The van der Waals surface area contributed by atoms with Crippen LogP contribution in [0.5, 0.6) is 5.75 Å². The lowest BCUT2D eigenvalue weighted by Gasteiger charge is -2.18. The highest BCUT2D eigenvalue weighted by atomic mass is 32.1. The lowest BCUT2D eigenvalue weighted by Crippen LogP contribution is -2.46. The fraction of sp³-hybridized carbons (Fsp3) is 0.385. The number of phenols is 1. The number of hydrogen-bond donors (Lipinski definition) is 5. The summed E-state index contributed by atoms with van der Waals surface area (Å²) in [6.07, 6.45) is 0.0894. The van der Waals surface area contributed by atoms with Crippen LogP contribution in [0.3, 0.4) is 0 Å². The summed E-state index contributed by atoms with van der Waals surface area (Å²) in [5.74, 6) is -2.23. The lowest BCUT2D eigenvalue weighted by atomic mass is 10.0. The number of aliphatic hydroxyl groups is 1. The molecule has 0 aliphatic heterocycles. The van der Waals surface area contributed by atoms with Gasteiger partial charge in [0, 0.05) is 12.2 Å². The first-order chi connectivity index (χ1) is 9.47. The number of carboxylic acids is 1. The molecule has 1 amide bonds. The van der Waals surface area contributed by atoms with Gasteiger partial charge in [0.2, 0.25) is 5.91 Å². The maximum Gasteiger partial charge on any atom is 0.326 e. The Morgan fingerprint density at radius 1 is 1.25 bits per heavy atom. The Hall–Kier alpha value is -1.73. The van der Waals surface area contributed by atoms with E-state index in [1.165, 1.54) is 12.1 Å². The van der Waals surface area contributed by atoms with Gasteiger partial charge in [0.15, 0.2) is 0 Å². The molecule has 2 atom stereocenters. The maximum absolute atomic E-state index is 11.7. The first-order valence-corrected chi connectivity index (χ1v) is 6.64. The van der Waals surface area contributed by atoms with Crippen LogP contribution in [0.25, 0.3) is 0 Å². The fourth-order valence-electron chi connectivity index (χ4n) is 1.58. The van der Waals surface area contributed by atoms with E-state index in [1.807, 2.05) is 0 Å². The summed E-state index contributed by atoms with van der Waals surface area (Å²) in [5.41, 5.74) is 0.668. The van der Waals surface area contributed by atoms with Gasteiger partial charge in [-0.05, 0) is 17.7 Å². The number of carboxylic acid groups (broad SMARTS) is 1. The molecule has 0 bridgehead atoms. The van der Waals surface area contributed by atoms with Gasteiger partial charge in [-0.15, -0.1) is 0 Å². The zero-order chi connectivity index (χ0) is 15.1. The van der Waals surface area contributed by atoms with E-state index in [0.29, 0.717) is 5.56 Å². The van der Waals surface area contributed by atoms with E-state index in [-0.39, 0.29) is 24.5 Å². The molecule has 0 aliphatic carbocycles. The normalized spacial score (nSPS) is 13.5. The fourth-order valence-corrected chi connectivity index (χ4v) is 1.86. The van der Waals surface area contributed by atoms with Gasteiger partial charge in [-0.25, -0.2) is 4.79 Å². The van der Waals surface area contributed by atoms with Crippen molar-refractivity contribution < 1.29 is 24.9 Å². The Morgan fingerprint density at radius 2 is 1.85 bits per heavy atom. The number of carbonyl (C=O) groups excluding carboxylic acids is 1. The number of rotatable bonds is 7. The highest BCUT2D eigenvalue weighted by Gasteiger charge is 2.24. The highest BCUT2D eigenvalue weighted by molar-refractivity contribution is 7.80. The Labute approximate surface area is 121 Å². The van der Waals surface area contributed by atoms with Gasteiger partial charge in [0.1, 0.15) is 11.8 Å². The number of phenolic OH excluding ortho intramolecular Hbond substituents is 1. The van der Waals surface area contributed by atoms with Crippen molar-refractivity contribution in [3.8, 4) is 5.75 Å². The van der Waals surface area contributed by atoms with E-state index in [0.717, 1.165) is 0 Å². The second-order valence-electron chi connectivity index (χ2n) is 4.33. The minimum Gasteiger partial charge on any atom is -0.508 e. The number of amides is 1. The van der Waals surface area contributed by atoms with Crippen molar-refractivity contribution in [2.24, 2.45) is 5.92 Å². The quantitative estimate of drug-likeness (QED) is 0.457. The Bertz CT molecular complexity index is 458. The van der Waals surface area contributed by atoms with E-state index in [2.05, 4.69) is 17.9 Å². The number of nitrogens with one attached hydrogen (secondary N) is 1. The van der Waals surface area contributed by atoms with Crippen LogP contribution in [0, 0.1) is 5.92 Å². The number of thiol groups is 1. The van der Waals surface area contributed by atoms with E-state index in [4.69, 9.17) is 15.3 Å². The topological polar surface area (TPSA) is 107 Å². The lowest BCUT2D eigenvalue weighted by molar-refractivity contribution is -0.142. The van der Waals surface area contributed by atoms with Gasteiger partial charge in [-0.1, -0.05) is 12.1 Å². The number of aliphatic hydroxyl groups excluding tert-OH is 1. The van der Waals surface area contributed by atoms with Gasteiger partial charge in [0.25, 0.3) is 0 Å². The Kier molecular flexibility index (Phi) is 6.33. The maximum atomic E-state index is 11.7. The first-order valence-electron chi connectivity index (χ1n) is 6.00. The van der Waals surface area contributed by atoms with E-state index in [9.17, 15) is 9.59 Å². The monoisotopic (exact) mass is 299 g/mol. The van der Waals surface area contributed by atoms with E-state index >= 15 is 0 Å². The van der Waals surface area contributed by atoms with Crippen molar-refractivity contribution in [3.05, 3.63) is 29.8 Å². The van der Waals surface area contributed by atoms with Gasteiger partial charge >= 0.3 is 5.97 Å². The number of aromatic hydroxyl groups is 1. The van der Waals surface area contributed by atoms with Crippen molar-refractivity contribution in [2.75, 3.05) is 12.4 Å². The summed E-state index contributed by atoms with van der Waals surface area (Å²) in [5, 5.41) is 29.6. The molecule has 7 heteroatoms. The highest BCUT2D eigenvalue weighted by Crippen LogP contribution is 2.12. The van der Waals surface area contributed by atoms with Crippen molar-refractivity contribution in [2.45, 2.75) is 12.5 Å². The molecule has 0 heterocycles. The zero-order valence-corrected chi connectivity index (χ0v) is 11.6. The van der Waals surface area contributed by atoms with Crippen LogP contribution in [0.4, 0.5) is 0 Å². The number of hydrogen-bond acceptors (Lipinski definition) is 5. The predicted octanol–water partition coefficient (Wildman–Crippen LogP) is 0.0424. The molecule has 0 aromatic heterocycles. The molecule has 1 aromatic rings. The van der Waals surface area contributed by atoms with Crippen LogP contribution in [-0.2, 0) is 16.0 Å². The van der Waals surface area contributed by atoms with Gasteiger partial charge in [-0.3, -0.25) is 4.79 Å². The summed E-state index contributed by atoms with van der Waals surface area (Å²) in [4.78, 5) is 22.9. The molecular formula is C13H17NO5S. The Morgan fingerprint density at radius 3 is 2.30 bits per heavy atom. The molecule has 110 valence electrons. The Balaban J connectivity index is 2.72. The molecule has 0 spiro atoms. The van der Waals surface area contributed by atoms with Crippen LogP contribution >= 0.6 is 12.6 Å². The minimum atomic E-state index is -1.16. The number of carbonyl (C=O) groups is 2. The predicted molar refractivity (Wildman–Crippen MR) is 75.8 cm³/mol. The summed E-state index contributed by atoms with van der Waals surface area (Å²) >= 11 is 3.92. The molecule has 0 saturated heterocycles. The minimum absolute atomic E-state index is 0.0834. The van der Waals surface area contributed by atoms with E-state index < -0.39 is 23.8 Å². The van der Waals surface area contributed by atoms with Crippen LogP contribution < -0.4 is 5.32 Å². The third-order valence-electron chi connectivity index (χ3n) is 2.80. The van der Waals surface area contributed by atoms with Crippen molar-refractivity contribution in [1.29, 1.82) is 0 Å². The molecule has 6 nitrogen and oxygen atoms in total. The molecule has 0 aliphatic rings. The molecule has 20 heavy (non-hydrogen) atoms. The summed E-state index contributed by atoms with van der Waals surface area (Å²) in [6.45, 7) is -0.388. The molecular weight excluding hydrogens is 282 g/mol. The van der Waals surface area contributed by atoms with Crippen molar-refractivity contribution >= 4 is 24.5 Å². The molecule has 1 unspecified atom stereocenters. The van der Waals surface area contributed by atoms with E-state index in [1.54, 1.807) is 12.1 Å². The van der Waals surface area contributed by atoms with Gasteiger partial charge in [0.05, 0.1) is 12.5 Å². The van der Waals surface area contributed by atoms with Crippen LogP contribution in [0.1, 0.15) is 5.56 Å². The molecule has 4 N–H and O–H groups in total. The standard InChI is InChI=1S/C13H17NO5S/c15-6-9(7-20)12(17)14-11(13(18)19)5-8-1-3-10(16)4-2-8/h1-4,9,11,15-16,20H,5-7H2,(H,14,17)(H,18,19)/t9?,11-/m0/s1. The molecule has 0 radical (unpaired) electrons. The van der Waals surface area contributed by atoms with Crippen LogP contribution in [-0.4, -0.2) is 45.6 Å². The van der Waals surface area contributed by atoms with Crippen LogP contribution in [0.2, 0.25) is 0 Å². The largest absolute Gasteiger partial charge is 0.508 e. The SMILES string of the molecule is O=C(N[C@@H](Cc1ccc(O)cc1)C(=O)O)C(CO)CS. The zero-order valence-electron chi connectivity index (χ0n) is 10.7. The second-order valence-corrected chi connectivity index (χ2v) is 4.70. The van der Waals surface area contributed by atoms with Gasteiger partial charge in [-0.2, -0.15) is 12.6 Å². The van der Waals surface area contributed by atoms with Crippen molar-refractivity contribution in [1.82, 2.24) is 5.32 Å². The van der Waals surface area contributed by atoms with Gasteiger partial charge < -0.3 is 20.6 Å². The smallest absolute Gasteiger partial charge is 0.326 e. The number of benzene rings is 1. The summed E-state index contributed by atoms with van der Waals surface area (Å²) in [7, 11) is 0. The molecule has 1 rings (SSSR count). The average Bonchev–Trinajstić information content (AvgIpc) is 2.41. The molecule has 0 fully saturated rings. The number of aliphatic carboxylic acids is 1. The molecule has 0 saturated carbocycles. The third kappa shape index (κ3) is 4.75. The van der Waals surface area contributed by atoms with Crippen molar-refractivity contribution in [3.63, 3.8) is 0 Å². The average molecular weight is 299 g/mol. The summed E-state index contributed by atoms with van der Waals surface area (Å²) < 4.78 is 0. The third-order valence-corrected chi connectivity index (χ3v) is 3.24.